The Labute approximate surface area is 159 Å². The van der Waals surface area contributed by atoms with Crippen LogP contribution >= 0.6 is 0 Å². The van der Waals surface area contributed by atoms with Crippen LogP contribution in [0.2, 0.25) is 0 Å². The number of carboxylic acid groups (broad SMARTS) is 1. The second-order valence-corrected chi connectivity index (χ2v) is 6.47. The van der Waals surface area contributed by atoms with E-state index < -0.39 is 24.5 Å². The normalized spacial score (nSPS) is 16.8. The number of hydrogen-bond acceptors (Lipinski definition) is 5. The van der Waals surface area contributed by atoms with Gasteiger partial charge in [0.1, 0.15) is 12.2 Å². The number of fused-ring (bicyclic) bond motifs is 1. The monoisotopic (exact) mass is 383 g/mol. The van der Waals surface area contributed by atoms with Crippen molar-refractivity contribution in [3.63, 3.8) is 0 Å². The maximum absolute atomic E-state index is 12.3. The highest BCUT2D eigenvalue weighted by molar-refractivity contribution is 6.15. The van der Waals surface area contributed by atoms with Gasteiger partial charge in [0.2, 0.25) is 6.79 Å². The predicted molar refractivity (Wildman–Crippen MR) is 97.2 cm³/mol. The molecular formula is C19H17N3O6. The highest BCUT2D eigenvalue weighted by Gasteiger charge is 2.35. The van der Waals surface area contributed by atoms with Gasteiger partial charge in [-0.25, -0.2) is 9.69 Å². The van der Waals surface area contributed by atoms with Crippen LogP contribution in [0.3, 0.4) is 0 Å². The van der Waals surface area contributed by atoms with E-state index in [4.69, 9.17) is 14.6 Å². The topological polar surface area (TPSA) is 110 Å². The number of aliphatic carboxylic acids is 1. The number of imide groups is 1. The van der Waals surface area contributed by atoms with E-state index in [1.165, 1.54) is 0 Å². The molecule has 0 aliphatic carbocycles. The van der Waals surface area contributed by atoms with Crippen molar-refractivity contribution in [1.82, 2.24) is 14.8 Å². The van der Waals surface area contributed by atoms with E-state index in [1.807, 2.05) is 42.7 Å². The summed E-state index contributed by atoms with van der Waals surface area (Å²) in [7, 11) is 0. The zero-order valence-corrected chi connectivity index (χ0v) is 15.2. The average molecular weight is 383 g/mol. The minimum atomic E-state index is -1.26. The van der Waals surface area contributed by atoms with Gasteiger partial charge in [-0.05, 0) is 43.7 Å². The lowest BCUT2D eigenvalue weighted by Gasteiger charge is -2.10. The molecule has 1 fully saturated rings. The molecular weight excluding hydrogens is 366 g/mol. The molecule has 2 N–H and O–H groups in total. The average Bonchev–Trinajstić information content (AvgIpc) is 3.28. The van der Waals surface area contributed by atoms with Crippen molar-refractivity contribution in [2.24, 2.45) is 0 Å². The van der Waals surface area contributed by atoms with Gasteiger partial charge in [0.25, 0.3) is 5.91 Å². The number of urea groups is 1. The van der Waals surface area contributed by atoms with Crippen LogP contribution in [0.25, 0.3) is 11.8 Å². The Hall–Kier alpha value is -3.75. The molecule has 4 rings (SSSR count). The van der Waals surface area contributed by atoms with Gasteiger partial charge in [-0.15, -0.1) is 0 Å². The quantitative estimate of drug-likeness (QED) is 0.615. The molecule has 3 amide bonds. The van der Waals surface area contributed by atoms with Gasteiger partial charge in [0, 0.05) is 23.1 Å². The summed E-state index contributed by atoms with van der Waals surface area (Å²) >= 11 is 0. The Morgan fingerprint density at radius 1 is 1.21 bits per heavy atom. The second kappa shape index (κ2) is 6.45. The molecule has 0 unspecified atom stereocenters. The molecule has 9 heteroatoms. The number of aryl methyl sites for hydroxylation is 1. The molecule has 1 aromatic carbocycles. The zero-order chi connectivity index (χ0) is 20.0. The number of rotatable bonds is 4. The fourth-order valence-electron chi connectivity index (χ4n) is 3.36. The largest absolute Gasteiger partial charge is 0.480 e. The minimum Gasteiger partial charge on any atom is -0.480 e. The van der Waals surface area contributed by atoms with Crippen LogP contribution in [-0.2, 0) is 9.59 Å². The van der Waals surface area contributed by atoms with Gasteiger partial charge in [0.05, 0.1) is 0 Å². The Bertz CT molecular complexity index is 1050. The van der Waals surface area contributed by atoms with Crippen LogP contribution in [-0.4, -0.2) is 45.8 Å². The first-order chi connectivity index (χ1) is 13.3. The van der Waals surface area contributed by atoms with Gasteiger partial charge < -0.3 is 24.5 Å². The predicted octanol–water partition coefficient (Wildman–Crippen LogP) is 1.80. The highest BCUT2D eigenvalue weighted by atomic mass is 16.7. The first-order valence-corrected chi connectivity index (χ1v) is 8.50. The third-order valence-electron chi connectivity index (χ3n) is 4.64. The summed E-state index contributed by atoms with van der Waals surface area (Å²) in [6.45, 7) is 3.32. The van der Waals surface area contributed by atoms with Gasteiger partial charge >= 0.3 is 12.0 Å². The number of carbonyl (C=O) groups is 3. The summed E-state index contributed by atoms with van der Waals surface area (Å²) in [6, 6.07) is 6.74. The number of nitrogens with zero attached hydrogens (tertiary/aromatic N) is 2. The minimum absolute atomic E-state index is 0.0391. The summed E-state index contributed by atoms with van der Waals surface area (Å²) in [4.78, 5) is 35.7. The lowest BCUT2D eigenvalue weighted by atomic mass is 10.2. The molecule has 2 aliphatic rings. The number of aromatic nitrogens is 1. The molecule has 0 radical (unpaired) electrons. The van der Waals surface area contributed by atoms with Crippen molar-refractivity contribution in [3.8, 4) is 17.2 Å². The van der Waals surface area contributed by atoms with Gasteiger partial charge in [-0.3, -0.25) is 9.59 Å². The van der Waals surface area contributed by atoms with E-state index in [0.29, 0.717) is 16.4 Å². The van der Waals surface area contributed by atoms with E-state index in [0.717, 1.165) is 22.6 Å². The highest BCUT2D eigenvalue weighted by Crippen LogP contribution is 2.35. The second-order valence-electron chi connectivity index (χ2n) is 6.47. The Morgan fingerprint density at radius 2 is 1.96 bits per heavy atom. The molecule has 1 aromatic heterocycles. The van der Waals surface area contributed by atoms with Crippen molar-refractivity contribution in [1.29, 1.82) is 0 Å². The van der Waals surface area contributed by atoms with Gasteiger partial charge in [-0.2, -0.15) is 0 Å². The molecule has 28 heavy (non-hydrogen) atoms. The fourth-order valence-corrected chi connectivity index (χ4v) is 3.36. The van der Waals surface area contributed by atoms with Gasteiger partial charge in [-0.1, -0.05) is 0 Å². The molecule has 0 atom stereocenters. The van der Waals surface area contributed by atoms with Crippen LogP contribution in [0.4, 0.5) is 4.79 Å². The summed E-state index contributed by atoms with van der Waals surface area (Å²) in [6.07, 6.45) is 1.55. The van der Waals surface area contributed by atoms with Crippen LogP contribution in [0, 0.1) is 13.8 Å². The summed E-state index contributed by atoms with van der Waals surface area (Å²) in [5, 5.41) is 11.3. The molecule has 0 saturated carbocycles. The van der Waals surface area contributed by atoms with Crippen LogP contribution in [0.5, 0.6) is 11.5 Å². The molecule has 9 nitrogen and oxygen atoms in total. The summed E-state index contributed by atoms with van der Waals surface area (Å²) < 4.78 is 12.8. The Kier molecular flexibility index (Phi) is 4.07. The van der Waals surface area contributed by atoms with Crippen molar-refractivity contribution < 1.29 is 29.0 Å². The first-order valence-electron chi connectivity index (χ1n) is 8.50. The van der Waals surface area contributed by atoms with Crippen molar-refractivity contribution in [3.05, 3.63) is 46.9 Å². The number of benzene rings is 1. The first kappa shape index (κ1) is 17.7. The van der Waals surface area contributed by atoms with E-state index in [2.05, 4.69) is 5.32 Å². The molecule has 1 saturated heterocycles. The molecule has 0 spiro atoms. The number of carbonyl (C=O) groups excluding carboxylic acids is 2. The molecule has 144 valence electrons. The maximum atomic E-state index is 12.3. The number of ether oxygens (including phenoxy) is 2. The fraction of sp³-hybridized carbons (Fsp3) is 0.211. The van der Waals surface area contributed by atoms with Crippen molar-refractivity contribution >= 4 is 24.0 Å². The SMILES string of the molecule is Cc1cc(/C=C2/NC(=O)N(CC(=O)O)C2=O)c(C)n1-c1ccc2c(c1)OCO2. The number of carboxylic acids is 1. The van der Waals surface area contributed by atoms with Crippen molar-refractivity contribution in [2.45, 2.75) is 13.8 Å². The van der Waals surface area contributed by atoms with Crippen LogP contribution in [0.15, 0.2) is 30.0 Å². The zero-order valence-electron chi connectivity index (χ0n) is 15.2. The van der Waals surface area contributed by atoms with Crippen LogP contribution in [0.1, 0.15) is 17.0 Å². The van der Waals surface area contributed by atoms with Gasteiger partial charge in [0.15, 0.2) is 11.5 Å². The third kappa shape index (κ3) is 2.86. The summed E-state index contributed by atoms with van der Waals surface area (Å²) in [5.74, 6) is -0.579. The van der Waals surface area contributed by atoms with Crippen molar-refractivity contribution in [2.75, 3.05) is 13.3 Å². The maximum Gasteiger partial charge on any atom is 0.329 e. The van der Waals surface area contributed by atoms with E-state index in [-0.39, 0.29) is 12.5 Å². The smallest absolute Gasteiger partial charge is 0.329 e. The third-order valence-corrected chi connectivity index (χ3v) is 4.64. The van der Waals surface area contributed by atoms with E-state index in [9.17, 15) is 14.4 Å². The van der Waals surface area contributed by atoms with E-state index in [1.54, 1.807) is 6.08 Å². The Morgan fingerprint density at radius 3 is 2.71 bits per heavy atom. The molecule has 2 aliphatic heterocycles. The standard InChI is InChI=1S/C19H17N3O6/c1-10-5-12(6-14-18(25)21(8-17(23)24)19(26)20-14)11(2)22(10)13-3-4-15-16(7-13)28-9-27-15/h3-7H,8-9H2,1-2H3,(H,20,26)(H,23,24)/b14-6+. The lowest BCUT2D eigenvalue weighted by Crippen LogP contribution is -2.35. The molecule has 0 bridgehead atoms. The summed E-state index contributed by atoms with van der Waals surface area (Å²) in [5.41, 5.74) is 3.41. The Balaban J connectivity index is 1.68. The number of amides is 3. The lowest BCUT2D eigenvalue weighted by molar-refractivity contribution is -0.140. The number of nitrogens with one attached hydrogen (secondary N) is 1. The molecule has 2 aromatic rings. The van der Waals surface area contributed by atoms with Crippen LogP contribution < -0.4 is 14.8 Å². The molecule has 3 heterocycles. The van der Waals surface area contributed by atoms with E-state index >= 15 is 0 Å². The number of hydrogen-bond donors (Lipinski definition) is 2.